The predicted molar refractivity (Wildman–Crippen MR) is 72.8 cm³/mol. The zero-order valence-corrected chi connectivity index (χ0v) is 11.3. The van der Waals surface area contributed by atoms with Gasteiger partial charge in [-0.15, -0.1) is 0 Å². The molecule has 2 rings (SSSR count). The van der Waals surface area contributed by atoms with Gasteiger partial charge < -0.3 is 9.84 Å². The number of nitrogens with zero attached hydrogens (tertiary/aromatic N) is 1. The molecule has 100 valence electrons. The molecular formula is C15H23NO2. The summed E-state index contributed by atoms with van der Waals surface area (Å²) in [6.45, 7) is 4.65. The Hall–Kier alpha value is -1.06. The van der Waals surface area contributed by atoms with Crippen molar-refractivity contribution in [1.82, 2.24) is 4.90 Å². The molecule has 1 aromatic rings. The van der Waals surface area contributed by atoms with Crippen LogP contribution in [0.15, 0.2) is 24.3 Å². The second kappa shape index (κ2) is 6.21. The second-order valence-electron chi connectivity index (χ2n) is 5.19. The monoisotopic (exact) mass is 249 g/mol. The van der Waals surface area contributed by atoms with Crippen LogP contribution in [0.1, 0.15) is 31.4 Å². The number of aliphatic hydroxyl groups excluding tert-OH is 1. The van der Waals surface area contributed by atoms with Crippen LogP contribution in [-0.4, -0.2) is 36.8 Å². The van der Waals surface area contributed by atoms with E-state index in [1.54, 1.807) is 7.11 Å². The van der Waals surface area contributed by atoms with Crippen molar-refractivity contribution < 1.29 is 9.84 Å². The number of rotatable bonds is 4. The molecule has 3 nitrogen and oxygen atoms in total. The number of methoxy groups -OCH3 is 1. The lowest BCUT2D eigenvalue weighted by molar-refractivity contribution is 0.0896. The first-order valence-electron chi connectivity index (χ1n) is 6.73. The summed E-state index contributed by atoms with van der Waals surface area (Å²) >= 11 is 0. The molecule has 1 aliphatic heterocycles. The molecule has 0 saturated carbocycles. The summed E-state index contributed by atoms with van der Waals surface area (Å²) in [6.07, 6.45) is 2.46. The van der Waals surface area contributed by atoms with E-state index in [0.717, 1.165) is 24.8 Å². The average molecular weight is 249 g/mol. The highest BCUT2D eigenvalue weighted by Gasteiger charge is 2.23. The van der Waals surface area contributed by atoms with Crippen LogP contribution >= 0.6 is 0 Å². The number of hydrogen-bond donors (Lipinski definition) is 1. The summed E-state index contributed by atoms with van der Waals surface area (Å²) in [5.41, 5.74) is 1.17. The molecule has 1 saturated heterocycles. The van der Waals surface area contributed by atoms with Gasteiger partial charge in [-0.1, -0.05) is 19.1 Å². The lowest BCUT2D eigenvalue weighted by Crippen LogP contribution is -2.37. The predicted octanol–water partition coefficient (Wildman–Crippen LogP) is 2.46. The lowest BCUT2D eigenvalue weighted by Gasteiger charge is -2.36. The molecule has 18 heavy (non-hydrogen) atoms. The van der Waals surface area contributed by atoms with Crippen molar-refractivity contribution in [2.75, 3.05) is 26.8 Å². The Morgan fingerprint density at radius 1 is 1.28 bits per heavy atom. The van der Waals surface area contributed by atoms with E-state index in [0.29, 0.717) is 0 Å². The molecule has 1 atom stereocenters. The molecule has 1 fully saturated rings. The molecule has 1 aromatic carbocycles. The fourth-order valence-electron chi connectivity index (χ4n) is 2.60. The summed E-state index contributed by atoms with van der Waals surface area (Å²) in [6, 6.07) is 8.16. The molecule has 0 bridgehead atoms. The van der Waals surface area contributed by atoms with Crippen molar-refractivity contribution in [2.45, 2.75) is 25.8 Å². The minimum absolute atomic E-state index is 0.128. The number of piperidine rings is 1. The summed E-state index contributed by atoms with van der Waals surface area (Å²) < 4.78 is 5.17. The first-order chi connectivity index (χ1) is 8.74. The number of ether oxygens (including phenoxy) is 1. The van der Waals surface area contributed by atoms with Gasteiger partial charge in [0.25, 0.3) is 0 Å². The molecule has 1 aliphatic rings. The quantitative estimate of drug-likeness (QED) is 0.889. The van der Waals surface area contributed by atoms with Crippen molar-refractivity contribution in [3.05, 3.63) is 29.8 Å². The zero-order valence-electron chi connectivity index (χ0n) is 11.3. The van der Waals surface area contributed by atoms with Gasteiger partial charge in [-0.05, 0) is 49.5 Å². The largest absolute Gasteiger partial charge is 0.497 e. The third-order valence-corrected chi connectivity index (χ3v) is 3.93. The van der Waals surface area contributed by atoms with Crippen molar-refractivity contribution in [3.8, 4) is 5.75 Å². The Labute approximate surface area is 109 Å². The van der Waals surface area contributed by atoms with Gasteiger partial charge in [0.2, 0.25) is 0 Å². The maximum absolute atomic E-state index is 9.65. The minimum Gasteiger partial charge on any atom is -0.497 e. The highest BCUT2D eigenvalue weighted by molar-refractivity contribution is 5.29. The number of aliphatic hydroxyl groups is 1. The smallest absolute Gasteiger partial charge is 0.118 e. The van der Waals surface area contributed by atoms with Crippen molar-refractivity contribution in [1.29, 1.82) is 0 Å². The Balaban J connectivity index is 2.07. The number of likely N-dealkylation sites (tertiary alicyclic amines) is 1. The van der Waals surface area contributed by atoms with Crippen LogP contribution in [-0.2, 0) is 0 Å². The van der Waals surface area contributed by atoms with Crippen LogP contribution in [0.4, 0.5) is 0 Å². The van der Waals surface area contributed by atoms with Gasteiger partial charge >= 0.3 is 0 Å². The maximum Gasteiger partial charge on any atom is 0.118 e. The van der Waals surface area contributed by atoms with Crippen LogP contribution in [0, 0.1) is 5.92 Å². The zero-order chi connectivity index (χ0) is 13.0. The van der Waals surface area contributed by atoms with E-state index in [9.17, 15) is 5.11 Å². The Morgan fingerprint density at radius 3 is 2.39 bits per heavy atom. The van der Waals surface area contributed by atoms with Gasteiger partial charge in [0.15, 0.2) is 0 Å². The first kappa shape index (κ1) is 13.4. The standard InChI is InChI=1S/C15H23NO2/c1-12-7-9-16(10-8-12)15(11-17)13-3-5-14(18-2)6-4-13/h3-6,12,15,17H,7-11H2,1-2H3. The van der Waals surface area contributed by atoms with Crippen LogP contribution in [0.3, 0.4) is 0 Å². The summed E-state index contributed by atoms with van der Waals surface area (Å²) in [7, 11) is 1.67. The third kappa shape index (κ3) is 3.03. The molecule has 3 heteroatoms. The van der Waals surface area contributed by atoms with Gasteiger partial charge in [0.05, 0.1) is 19.8 Å². The molecule has 0 amide bonds. The van der Waals surface area contributed by atoms with E-state index in [-0.39, 0.29) is 12.6 Å². The summed E-state index contributed by atoms with van der Waals surface area (Å²) in [4.78, 5) is 2.39. The number of benzene rings is 1. The Kier molecular flexibility index (Phi) is 4.61. The summed E-state index contributed by atoms with van der Waals surface area (Å²) in [5.74, 6) is 1.68. The Morgan fingerprint density at radius 2 is 1.89 bits per heavy atom. The molecule has 0 spiro atoms. The fourth-order valence-corrected chi connectivity index (χ4v) is 2.60. The second-order valence-corrected chi connectivity index (χ2v) is 5.19. The lowest BCUT2D eigenvalue weighted by atomic mass is 9.96. The first-order valence-corrected chi connectivity index (χ1v) is 6.73. The van der Waals surface area contributed by atoms with Crippen molar-refractivity contribution in [2.24, 2.45) is 5.92 Å². The van der Waals surface area contributed by atoms with Gasteiger partial charge in [-0.25, -0.2) is 0 Å². The van der Waals surface area contributed by atoms with Crippen molar-refractivity contribution >= 4 is 0 Å². The normalized spacial score (nSPS) is 19.7. The summed E-state index contributed by atoms with van der Waals surface area (Å²) in [5, 5.41) is 9.65. The molecule has 0 radical (unpaired) electrons. The van der Waals surface area contributed by atoms with E-state index >= 15 is 0 Å². The SMILES string of the molecule is COc1ccc(C(CO)N2CCC(C)CC2)cc1. The number of hydrogen-bond acceptors (Lipinski definition) is 3. The molecule has 1 unspecified atom stereocenters. The van der Waals surface area contributed by atoms with Gasteiger partial charge in [-0.2, -0.15) is 0 Å². The van der Waals surface area contributed by atoms with Crippen LogP contribution in [0.5, 0.6) is 5.75 Å². The highest BCUT2D eigenvalue weighted by Crippen LogP contribution is 2.27. The minimum atomic E-state index is 0.128. The topological polar surface area (TPSA) is 32.7 Å². The molecule has 0 aliphatic carbocycles. The van der Waals surface area contributed by atoms with E-state index in [1.165, 1.54) is 18.4 Å². The molecule has 1 heterocycles. The van der Waals surface area contributed by atoms with Gasteiger partial charge in [-0.3, -0.25) is 4.90 Å². The van der Waals surface area contributed by atoms with Crippen LogP contribution in [0.25, 0.3) is 0 Å². The highest BCUT2D eigenvalue weighted by atomic mass is 16.5. The van der Waals surface area contributed by atoms with Gasteiger partial charge in [0.1, 0.15) is 5.75 Å². The van der Waals surface area contributed by atoms with Crippen LogP contribution in [0.2, 0.25) is 0 Å². The average Bonchev–Trinajstić information content (AvgIpc) is 2.42. The Bertz CT molecular complexity index is 355. The van der Waals surface area contributed by atoms with E-state index in [1.807, 2.05) is 12.1 Å². The fraction of sp³-hybridized carbons (Fsp3) is 0.600. The van der Waals surface area contributed by atoms with Gasteiger partial charge in [0, 0.05) is 0 Å². The van der Waals surface area contributed by atoms with E-state index < -0.39 is 0 Å². The molecule has 0 aromatic heterocycles. The van der Waals surface area contributed by atoms with E-state index in [2.05, 4.69) is 24.0 Å². The van der Waals surface area contributed by atoms with Crippen LogP contribution < -0.4 is 4.74 Å². The third-order valence-electron chi connectivity index (χ3n) is 3.93. The molecule has 1 N–H and O–H groups in total. The maximum atomic E-state index is 9.65. The molecular weight excluding hydrogens is 226 g/mol. The van der Waals surface area contributed by atoms with E-state index in [4.69, 9.17) is 4.74 Å². The van der Waals surface area contributed by atoms with Crippen molar-refractivity contribution in [3.63, 3.8) is 0 Å².